The fourth-order valence-corrected chi connectivity index (χ4v) is 2.44. The van der Waals surface area contributed by atoms with Crippen LogP contribution in [0.5, 0.6) is 5.75 Å². The molecule has 5 heteroatoms. The molecule has 1 aromatic carbocycles. The summed E-state index contributed by atoms with van der Waals surface area (Å²) in [5.74, 6) is -0.0832. The van der Waals surface area contributed by atoms with Gasteiger partial charge in [0.1, 0.15) is 17.3 Å². The number of aldehydes is 1. The molecule has 0 aliphatic rings. The van der Waals surface area contributed by atoms with E-state index in [9.17, 15) is 9.18 Å². The lowest BCUT2D eigenvalue weighted by Gasteiger charge is -2.12. The zero-order chi connectivity index (χ0) is 15.4. The second-order valence-electron chi connectivity index (χ2n) is 4.82. The lowest BCUT2D eigenvalue weighted by molar-refractivity contribution is 0.112. The van der Waals surface area contributed by atoms with E-state index >= 15 is 0 Å². The zero-order valence-corrected chi connectivity index (χ0v) is 12.5. The molecule has 0 bridgehead atoms. The smallest absolute Gasteiger partial charge is 0.153 e. The molecule has 0 N–H and O–H groups in total. The average Bonchev–Trinajstić information content (AvgIpc) is 2.91. The van der Waals surface area contributed by atoms with Crippen LogP contribution in [0.15, 0.2) is 24.4 Å². The van der Waals surface area contributed by atoms with Crippen LogP contribution in [0.2, 0.25) is 0 Å². The van der Waals surface area contributed by atoms with Gasteiger partial charge in [0.05, 0.1) is 24.3 Å². The predicted octanol–water partition coefficient (Wildman–Crippen LogP) is 3.87. The van der Waals surface area contributed by atoms with Crippen molar-refractivity contribution in [1.29, 1.82) is 0 Å². The van der Waals surface area contributed by atoms with Gasteiger partial charge in [0, 0.05) is 6.20 Å². The highest BCUT2D eigenvalue weighted by Gasteiger charge is 2.20. The monoisotopic (exact) mass is 290 g/mol. The van der Waals surface area contributed by atoms with Crippen LogP contribution < -0.4 is 4.74 Å². The molecular weight excluding hydrogens is 271 g/mol. The first-order valence-corrected chi connectivity index (χ1v) is 7.03. The van der Waals surface area contributed by atoms with Crippen molar-refractivity contribution in [2.75, 3.05) is 7.11 Å². The van der Waals surface area contributed by atoms with E-state index in [0.29, 0.717) is 23.3 Å². The molecule has 0 unspecified atom stereocenters. The third kappa shape index (κ3) is 2.82. The first kappa shape index (κ1) is 15.2. The normalized spacial score (nSPS) is 10.9. The van der Waals surface area contributed by atoms with Crippen LogP contribution in [0.3, 0.4) is 0 Å². The Labute approximate surface area is 123 Å². The molecule has 1 aromatic heterocycles. The summed E-state index contributed by atoms with van der Waals surface area (Å²) < 4.78 is 21.1. The maximum atomic E-state index is 14.2. The number of hydrogen-bond acceptors (Lipinski definition) is 3. The molecule has 0 saturated carbocycles. The number of ether oxygens (including phenoxy) is 1. The molecule has 0 aliphatic heterocycles. The Morgan fingerprint density at radius 3 is 2.67 bits per heavy atom. The first-order valence-electron chi connectivity index (χ1n) is 7.03. The highest BCUT2D eigenvalue weighted by atomic mass is 19.1. The Bertz CT molecular complexity index is 633. The molecule has 0 amide bonds. The van der Waals surface area contributed by atoms with Crippen LogP contribution in [0.1, 0.15) is 43.1 Å². The van der Waals surface area contributed by atoms with Crippen molar-refractivity contribution in [2.45, 2.75) is 32.7 Å². The van der Waals surface area contributed by atoms with Crippen molar-refractivity contribution in [3.8, 4) is 17.0 Å². The van der Waals surface area contributed by atoms with Gasteiger partial charge >= 0.3 is 0 Å². The van der Waals surface area contributed by atoms with Crippen molar-refractivity contribution in [3.63, 3.8) is 0 Å². The van der Waals surface area contributed by atoms with Gasteiger partial charge in [0.2, 0.25) is 0 Å². The Morgan fingerprint density at radius 2 is 2.10 bits per heavy atom. The fourth-order valence-electron chi connectivity index (χ4n) is 2.44. The third-order valence-electron chi connectivity index (χ3n) is 3.64. The maximum absolute atomic E-state index is 14.2. The number of carbonyl (C=O) groups excluding carboxylic acids is 1. The SMILES string of the molecule is CCC(CC)n1cc(C=O)c(-c2c(F)cccc2OC)n1. The summed E-state index contributed by atoms with van der Waals surface area (Å²) in [7, 11) is 1.47. The summed E-state index contributed by atoms with van der Waals surface area (Å²) in [5.41, 5.74) is 0.920. The Balaban J connectivity index is 2.61. The molecule has 0 saturated heterocycles. The number of aromatic nitrogens is 2. The van der Waals surface area contributed by atoms with Gasteiger partial charge in [0.25, 0.3) is 0 Å². The number of methoxy groups -OCH3 is 1. The van der Waals surface area contributed by atoms with Gasteiger partial charge in [-0.25, -0.2) is 4.39 Å². The molecule has 21 heavy (non-hydrogen) atoms. The third-order valence-corrected chi connectivity index (χ3v) is 3.64. The molecule has 0 spiro atoms. The van der Waals surface area contributed by atoms with E-state index in [2.05, 4.69) is 18.9 Å². The average molecular weight is 290 g/mol. The molecule has 2 aromatic rings. The standard InChI is InChI=1S/C16H19FN2O2/c1-4-12(5-2)19-9-11(10-20)16(18-19)15-13(17)7-6-8-14(15)21-3/h6-10,12H,4-5H2,1-3H3. The maximum Gasteiger partial charge on any atom is 0.153 e. The molecule has 0 aliphatic carbocycles. The van der Waals surface area contributed by atoms with E-state index in [1.807, 2.05) is 0 Å². The number of rotatable bonds is 6. The lowest BCUT2D eigenvalue weighted by Crippen LogP contribution is -2.07. The van der Waals surface area contributed by atoms with Crippen molar-refractivity contribution in [3.05, 3.63) is 35.8 Å². The largest absolute Gasteiger partial charge is 0.496 e. The lowest BCUT2D eigenvalue weighted by atomic mass is 10.1. The van der Waals surface area contributed by atoms with Crippen molar-refractivity contribution < 1.29 is 13.9 Å². The van der Waals surface area contributed by atoms with Gasteiger partial charge in [-0.05, 0) is 25.0 Å². The summed E-state index contributed by atoms with van der Waals surface area (Å²) >= 11 is 0. The van der Waals surface area contributed by atoms with Crippen molar-refractivity contribution >= 4 is 6.29 Å². The molecule has 2 rings (SSSR count). The fraction of sp³-hybridized carbons (Fsp3) is 0.375. The molecule has 0 fully saturated rings. The topological polar surface area (TPSA) is 44.1 Å². The van der Waals surface area contributed by atoms with Crippen LogP contribution in [-0.4, -0.2) is 23.2 Å². The van der Waals surface area contributed by atoms with E-state index in [-0.39, 0.29) is 11.6 Å². The van der Waals surface area contributed by atoms with E-state index in [1.54, 1.807) is 23.0 Å². The summed E-state index contributed by atoms with van der Waals surface area (Å²) in [4.78, 5) is 11.3. The quantitative estimate of drug-likeness (QED) is 0.758. The highest BCUT2D eigenvalue weighted by molar-refractivity contribution is 5.87. The number of hydrogen-bond donors (Lipinski definition) is 0. The summed E-state index contributed by atoms with van der Waals surface area (Å²) in [5, 5.41) is 4.43. The van der Waals surface area contributed by atoms with Crippen molar-refractivity contribution in [2.24, 2.45) is 0 Å². The van der Waals surface area contributed by atoms with Crippen LogP contribution in [0.4, 0.5) is 4.39 Å². The summed E-state index contributed by atoms with van der Waals surface area (Å²) in [6.45, 7) is 4.11. The van der Waals surface area contributed by atoms with Crippen LogP contribution >= 0.6 is 0 Å². The zero-order valence-electron chi connectivity index (χ0n) is 12.5. The number of benzene rings is 1. The molecule has 1 heterocycles. The minimum absolute atomic E-state index is 0.190. The van der Waals surface area contributed by atoms with E-state index in [0.717, 1.165) is 12.8 Å². The molecule has 112 valence electrons. The second kappa shape index (κ2) is 6.52. The van der Waals surface area contributed by atoms with Crippen molar-refractivity contribution in [1.82, 2.24) is 9.78 Å². The Morgan fingerprint density at radius 1 is 1.38 bits per heavy atom. The van der Waals surface area contributed by atoms with Gasteiger partial charge in [-0.3, -0.25) is 9.48 Å². The summed E-state index contributed by atoms with van der Waals surface area (Å²) in [6.07, 6.45) is 4.16. The Kier molecular flexibility index (Phi) is 4.73. The number of nitrogens with zero attached hydrogens (tertiary/aromatic N) is 2. The molecule has 0 radical (unpaired) electrons. The van der Waals surface area contributed by atoms with Gasteiger partial charge in [-0.1, -0.05) is 19.9 Å². The van der Waals surface area contributed by atoms with Gasteiger partial charge in [-0.15, -0.1) is 0 Å². The highest BCUT2D eigenvalue weighted by Crippen LogP contribution is 2.34. The minimum Gasteiger partial charge on any atom is -0.496 e. The van der Waals surface area contributed by atoms with Gasteiger partial charge in [0.15, 0.2) is 6.29 Å². The molecule has 4 nitrogen and oxygen atoms in total. The first-order chi connectivity index (χ1) is 10.2. The Hall–Kier alpha value is -2.17. The number of carbonyl (C=O) groups is 1. The molecular formula is C16H19FN2O2. The molecule has 0 atom stereocenters. The van der Waals surface area contributed by atoms with E-state index in [4.69, 9.17) is 4.74 Å². The van der Waals surface area contributed by atoms with Crippen LogP contribution in [-0.2, 0) is 0 Å². The predicted molar refractivity (Wildman–Crippen MR) is 79.2 cm³/mol. The van der Waals surface area contributed by atoms with Gasteiger partial charge in [-0.2, -0.15) is 5.10 Å². The van der Waals surface area contributed by atoms with Crippen LogP contribution in [0.25, 0.3) is 11.3 Å². The minimum atomic E-state index is -0.452. The van der Waals surface area contributed by atoms with E-state index in [1.165, 1.54) is 13.2 Å². The summed E-state index contributed by atoms with van der Waals surface area (Å²) in [6, 6.07) is 4.75. The number of halogens is 1. The van der Waals surface area contributed by atoms with Crippen LogP contribution in [0, 0.1) is 5.82 Å². The van der Waals surface area contributed by atoms with E-state index < -0.39 is 5.82 Å². The second-order valence-corrected chi connectivity index (χ2v) is 4.82. The van der Waals surface area contributed by atoms with Gasteiger partial charge < -0.3 is 4.74 Å².